The highest BCUT2D eigenvalue weighted by molar-refractivity contribution is 7.92. The average Bonchev–Trinajstić information content (AvgIpc) is 2.61. The summed E-state index contributed by atoms with van der Waals surface area (Å²) >= 11 is 0. The first-order valence-corrected chi connectivity index (χ1v) is 10.2. The first-order chi connectivity index (χ1) is 12.3. The number of benzene rings is 2. The summed E-state index contributed by atoms with van der Waals surface area (Å²) in [5, 5.41) is 0. The molecule has 1 amide bonds. The Bertz CT molecular complexity index is 841. The number of nitrogens with zero attached hydrogens (tertiary/aromatic N) is 2. The highest BCUT2D eigenvalue weighted by Crippen LogP contribution is 2.21. The molecule has 0 aromatic heterocycles. The Morgan fingerprint density at radius 3 is 2.23 bits per heavy atom. The van der Waals surface area contributed by atoms with Crippen LogP contribution in [0.2, 0.25) is 0 Å². The van der Waals surface area contributed by atoms with Crippen LogP contribution in [-0.4, -0.2) is 38.6 Å². The zero-order valence-corrected chi connectivity index (χ0v) is 15.7. The van der Waals surface area contributed by atoms with Gasteiger partial charge in [-0.1, -0.05) is 42.5 Å². The van der Waals surface area contributed by atoms with Crippen LogP contribution in [0.25, 0.3) is 0 Å². The standard InChI is InChI=1S/C19H23FN2O3S/c1-3-21(15-16-9-5-4-6-10-16)19(23)13-14-22(26(2,24)25)18-12-8-7-11-17(18)20/h4-12H,3,13-15H2,1-2H3. The summed E-state index contributed by atoms with van der Waals surface area (Å²) < 4.78 is 39.1. The molecule has 0 aliphatic carbocycles. The van der Waals surface area contributed by atoms with Crippen molar-refractivity contribution in [3.63, 3.8) is 0 Å². The molecule has 140 valence electrons. The number of hydrogen-bond donors (Lipinski definition) is 0. The van der Waals surface area contributed by atoms with Gasteiger partial charge in [0.15, 0.2) is 0 Å². The molecule has 0 radical (unpaired) electrons. The van der Waals surface area contributed by atoms with Gasteiger partial charge in [-0.2, -0.15) is 0 Å². The van der Waals surface area contributed by atoms with Crippen LogP contribution < -0.4 is 4.31 Å². The molecule has 0 saturated carbocycles. The summed E-state index contributed by atoms with van der Waals surface area (Å²) in [5.41, 5.74) is 0.950. The smallest absolute Gasteiger partial charge is 0.232 e. The SMILES string of the molecule is CCN(Cc1ccccc1)C(=O)CCN(c1ccccc1F)S(C)(=O)=O. The van der Waals surface area contributed by atoms with Crippen molar-refractivity contribution < 1.29 is 17.6 Å². The largest absolute Gasteiger partial charge is 0.339 e. The van der Waals surface area contributed by atoms with Gasteiger partial charge in [0, 0.05) is 26.1 Å². The van der Waals surface area contributed by atoms with Crippen LogP contribution in [0.15, 0.2) is 54.6 Å². The molecule has 0 saturated heterocycles. The van der Waals surface area contributed by atoms with Crippen molar-refractivity contribution >= 4 is 21.6 Å². The van der Waals surface area contributed by atoms with Crippen LogP contribution in [0.4, 0.5) is 10.1 Å². The van der Waals surface area contributed by atoms with Crippen LogP contribution in [0.5, 0.6) is 0 Å². The molecule has 0 heterocycles. The van der Waals surface area contributed by atoms with Gasteiger partial charge in [0.2, 0.25) is 15.9 Å². The quantitative estimate of drug-likeness (QED) is 0.709. The number of halogens is 1. The number of anilines is 1. The molecule has 0 unspecified atom stereocenters. The Hall–Kier alpha value is -2.41. The van der Waals surface area contributed by atoms with Crippen LogP contribution in [0.3, 0.4) is 0 Å². The Morgan fingerprint density at radius 2 is 1.65 bits per heavy atom. The van der Waals surface area contributed by atoms with E-state index < -0.39 is 15.8 Å². The van der Waals surface area contributed by atoms with Crippen molar-refractivity contribution in [2.24, 2.45) is 0 Å². The highest BCUT2D eigenvalue weighted by Gasteiger charge is 2.22. The molecule has 7 heteroatoms. The van der Waals surface area contributed by atoms with E-state index in [4.69, 9.17) is 0 Å². The molecule has 0 N–H and O–H groups in total. The molecular weight excluding hydrogens is 355 g/mol. The van der Waals surface area contributed by atoms with E-state index >= 15 is 0 Å². The number of carbonyl (C=O) groups excluding carboxylic acids is 1. The number of amides is 1. The Morgan fingerprint density at radius 1 is 1.04 bits per heavy atom. The minimum atomic E-state index is -3.70. The molecule has 2 aromatic rings. The van der Waals surface area contributed by atoms with Crippen molar-refractivity contribution in [2.45, 2.75) is 19.9 Å². The molecule has 0 bridgehead atoms. The van der Waals surface area contributed by atoms with Crippen LogP contribution in [-0.2, 0) is 21.4 Å². The summed E-state index contributed by atoms with van der Waals surface area (Å²) in [4.78, 5) is 14.2. The third-order valence-electron chi connectivity index (χ3n) is 4.00. The summed E-state index contributed by atoms with van der Waals surface area (Å²) in [6, 6.07) is 15.2. The van der Waals surface area contributed by atoms with Gasteiger partial charge in [0.25, 0.3) is 0 Å². The lowest BCUT2D eigenvalue weighted by atomic mass is 10.2. The Labute approximate surface area is 154 Å². The van der Waals surface area contributed by atoms with Gasteiger partial charge in [0.05, 0.1) is 11.9 Å². The van der Waals surface area contributed by atoms with Crippen molar-refractivity contribution in [2.75, 3.05) is 23.7 Å². The second-order valence-electron chi connectivity index (χ2n) is 5.93. The second kappa shape index (κ2) is 8.80. The van der Waals surface area contributed by atoms with Crippen molar-refractivity contribution in [1.82, 2.24) is 4.90 Å². The van der Waals surface area contributed by atoms with Gasteiger partial charge in [0.1, 0.15) is 5.82 Å². The summed E-state index contributed by atoms with van der Waals surface area (Å²) in [7, 11) is -3.70. The predicted octanol–water partition coefficient (Wildman–Crippen LogP) is 3.03. The average molecular weight is 378 g/mol. The molecule has 0 atom stereocenters. The van der Waals surface area contributed by atoms with E-state index in [9.17, 15) is 17.6 Å². The maximum absolute atomic E-state index is 14.0. The minimum Gasteiger partial charge on any atom is -0.339 e. The molecule has 2 rings (SSSR count). The summed E-state index contributed by atoms with van der Waals surface area (Å²) in [6.07, 6.45) is 0.980. The fourth-order valence-corrected chi connectivity index (χ4v) is 3.58. The van der Waals surface area contributed by atoms with Crippen LogP contribution >= 0.6 is 0 Å². The van der Waals surface area contributed by atoms with Crippen LogP contribution in [0.1, 0.15) is 18.9 Å². The number of carbonyl (C=O) groups is 1. The monoisotopic (exact) mass is 378 g/mol. The molecule has 5 nitrogen and oxygen atoms in total. The lowest BCUT2D eigenvalue weighted by Crippen LogP contribution is -2.37. The van der Waals surface area contributed by atoms with E-state index in [1.54, 1.807) is 11.0 Å². The molecule has 2 aromatic carbocycles. The zero-order chi connectivity index (χ0) is 19.2. The van der Waals surface area contributed by atoms with E-state index in [2.05, 4.69) is 0 Å². The highest BCUT2D eigenvalue weighted by atomic mass is 32.2. The van der Waals surface area contributed by atoms with Crippen molar-refractivity contribution in [3.8, 4) is 0 Å². The van der Waals surface area contributed by atoms with Crippen LogP contribution in [0, 0.1) is 5.82 Å². The Kier molecular flexibility index (Phi) is 6.74. The number of sulfonamides is 1. The predicted molar refractivity (Wildman–Crippen MR) is 101 cm³/mol. The van der Waals surface area contributed by atoms with E-state index in [-0.39, 0.29) is 24.6 Å². The van der Waals surface area contributed by atoms with Gasteiger partial charge < -0.3 is 4.90 Å². The van der Waals surface area contributed by atoms with Gasteiger partial charge in [-0.25, -0.2) is 12.8 Å². The summed E-state index contributed by atoms with van der Waals surface area (Å²) in [5.74, 6) is -0.816. The number of para-hydroxylation sites is 1. The van der Waals surface area contributed by atoms with E-state index in [1.165, 1.54) is 18.2 Å². The van der Waals surface area contributed by atoms with Gasteiger partial charge in [-0.05, 0) is 24.6 Å². The number of hydrogen-bond acceptors (Lipinski definition) is 3. The molecule has 0 spiro atoms. The lowest BCUT2D eigenvalue weighted by Gasteiger charge is -2.25. The molecule has 26 heavy (non-hydrogen) atoms. The third-order valence-corrected chi connectivity index (χ3v) is 5.18. The van der Waals surface area contributed by atoms with Gasteiger partial charge >= 0.3 is 0 Å². The number of rotatable bonds is 8. The van der Waals surface area contributed by atoms with Gasteiger partial charge in [-0.3, -0.25) is 9.10 Å². The Balaban J connectivity index is 2.10. The fraction of sp³-hybridized carbons (Fsp3) is 0.316. The molecule has 0 aliphatic rings. The lowest BCUT2D eigenvalue weighted by molar-refractivity contribution is -0.131. The fourth-order valence-electron chi connectivity index (χ4n) is 2.65. The maximum Gasteiger partial charge on any atom is 0.232 e. The molecule has 0 fully saturated rings. The summed E-state index contributed by atoms with van der Waals surface area (Å²) in [6.45, 7) is 2.72. The van der Waals surface area contributed by atoms with E-state index in [0.29, 0.717) is 13.1 Å². The van der Waals surface area contributed by atoms with E-state index in [1.807, 2.05) is 37.3 Å². The maximum atomic E-state index is 14.0. The van der Waals surface area contributed by atoms with Crippen molar-refractivity contribution in [1.29, 1.82) is 0 Å². The molecule has 0 aliphatic heterocycles. The normalized spacial score (nSPS) is 11.2. The first-order valence-electron chi connectivity index (χ1n) is 8.37. The van der Waals surface area contributed by atoms with Gasteiger partial charge in [-0.15, -0.1) is 0 Å². The third kappa shape index (κ3) is 5.29. The topological polar surface area (TPSA) is 57.7 Å². The minimum absolute atomic E-state index is 0.0257. The van der Waals surface area contributed by atoms with Crippen molar-refractivity contribution in [3.05, 3.63) is 66.0 Å². The zero-order valence-electron chi connectivity index (χ0n) is 14.9. The molecular formula is C19H23FN2O3S. The van der Waals surface area contributed by atoms with E-state index in [0.717, 1.165) is 16.1 Å². The second-order valence-corrected chi connectivity index (χ2v) is 7.84. The first kappa shape index (κ1) is 19.9.